The predicted molar refractivity (Wildman–Crippen MR) is 242 cm³/mol. The van der Waals surface area contributed by atoms with Gasteiger partial charge >= 0.3 is 0 Å². The molecule has 4 heterocycles. The van der Waals surface area contributed by atoms with Crippen LogP contribution in [-0.4, -0.2) is 24.5 Å². The summed E-state index contributed by atoms with van der Waals surface area (Å²) in [5, 5.41) is 4.47. The molecule has 0 bridgehead atoms. The zero-order valence-electron chi connectivity index (χ0n) is 31.5. The van der Waals surface area contributed by atoms with Crippen LogP contribution in [-0.2, 0) is 0 Å². The topological polar surface area (TPSA) is 69.6 Å². The summed E-state index contributed by atoms with van der Waals surface area (Å²) in [7, 11) is 0. The number of para-hydroxylation sites is 4. The Balaban J connectivity index is 1.02. The first-order chi connectivity index (χ1) is 29.2. The zero-order valence-corrected chi connectivity index (χ0v) is 32.3. The van der Waals surface area contributed by atoms with Crippen molar-refractivity contribution in [2.45, 2.75) is 0 Å². The SMILES string of the molecule is c1ccc(-c2nc(-c3ccc(-c4cccc5c4sc4ccccc45)cc3)nc(-c3cccc4oc5c(-c6nc7ccccc7n6-c6ccccc6)cccc5c34)n2)cc1. The van der Waals surface area contributed by atoms with E-state index < -0.39 is 0 Å². The third-order valence-corrected chi connectivity index (χ3v) is 12.3. The molecule has 0 saturated heterocycles. The number of thiophene rings is 1. The molecule has 0 unspecified atom stereocenters. The molecule has 0 atom stereocenters. The third-order valence-electron chi connectivity index (χ3n) is 11.1. The highest BCUT2D eigenvalue weighted by molar-refractivity contribution is 7.26. The Kier molecular flexibility index (Phi) is 7.61. The van der Waals surface area contributed by atoms with E-state index in [1.165, 1.54) is 25.7 Å². The van der Waals surface area contributed by atoms with Crippen molar-refractivity contribution < 1.29 is 4.42 Å². The third kappa shape index (κ3) is 5.47. The molecule has 7 heteroatoms. The van der Waals surface area contributed by atoms with Gasteiger partial charge in [-0.3, -0.25) is 4.57 Å². The summed E-state index contributed by atoms with van der Waals surface area (Å²) < 4.78 is 11.6. The molecule has 0 amide bonds. The molecule has 0 fully saturated rings. The fourth-order valence-corrected chi connectivity index (χ4v) is 9.61. The van der Waals surface area contributed by atoms with E-state index >= 15 is 0 Å². The standard InChI is InChI=1S/C52H31N5OS/c1-3-14-33(15-4-1)49-54-50(34-30-28-32(29-31-34)36-19-11-20-38-37-18-7-10-27-45(37)59-48(36)38)56-51(55-49)40-22-13-26-44-46(40)39-21-12-23-41(47(39)58-44)52-53-42-24-8-9-25-43(42)57(52)35-16-5-2-6-17-35/h1-31H. The van der Waals surface area contributed by atoms with Crippen molar-refractivity contribution in [2.75, 3.05) is 0 Å². The number of imidazole rings is 1. The van der Waals surface area contributed by atoms with E-state index in [2.05, 4.69) is 138 Å². The molecule has 0 aliphatic carbocycles. The molecule has 12 aromatic rings. The molecular formula is C52H31N5OS. The number of benzene rings is 8. The van der Waals surface area contributed by atoms with E-state index in [0.717, 1.165) is 72.3 Å². The van der Waals surface area contributed by atoms with Gasteiger partial charge in [-0.25, -0.2) is 19.9 Å². The molecule has 0 aliphatic heterocycles. The highest BCUT2D eigenvalue weighted by Crippen LogP contribution is 2.43. The van der Waals surface area contributed by atoms with Crippen LogP contribution in [0.15, 0.2) is 192 Å². The Bertz CT molecular complexity index is 3550. The van der Waals surface area contributed by atoms with Gasteiger partial charge in [-0.1, -0.05) is 146 Å². The Hall–Kier alpha value is -7.74. The molecule has 0 radical (unpaired) electrons. The number of hydrogen-bond donors (Lipinski definition) is 0. The molecule has 0 saturated carbocycles. The largest absolute Gasteiger partial charge is 0.455 e. The zero-order chi connectivity index (χ0) is 38.9. The molecule has 0 aliphatic rings. The summed E-state index contributed by atoms with van der Waals surface area (Å²) in [6.07, 6.45) is 0. The molecular weight excluding hydrogens is 743 g/mol. The quantitative estimate of drug-likeness (QED) is 0.168. The second kappa shape index (κ2) is 13.4. The van der Waals surface area contributed by atoms with Gasteiger partial charge in [0.25, 0.3) is 0 Å². The van der Waals surface area contributed by atoms with Crippen LogP contribution in [0.25, 0.3) is 116 Å². The number of rotatable bonds is 6. The van der Waals surface area contributed by atoms with Crippen LogP contribution in [0.2, 0.25) is 0 Å². The van der Waals surface area contributed by atoms with Crippen molar-refractivity contribution in [1.29, 1.82) is 0 Å². The highest BCUT2D eigenvalue weighted by Gasteiger charge is 2.23. The van der Waals surface area contributed by atoms with Gasteiger partial charge in [0.1, 0.15) is 17.0 Å². The number of furan rings is 1. The maximum Gasteiger partial charge on any atom is 0.164 e. The van der Waals surface area contributed by atoms with Gasteiger partial charge in [0, 0.05) is 53.3 Å². The molecule has 0 spiro atoms. The first-order valence-corrected chi connectivity index (χ1v) is 20.4. The first-order valence-electron chi connectivity index (χ1n) is 19.6. The number of aromatic nitrogens is 5. The lowest BCUT2D eigenvalue weighted by Gasteiger charge is -2.10. The van der Waals surface area contributed by atoms with Crippen molar-refractivity contribution in [1.82, 2.24) is 24.5 Å². The highest BCUT2D eigenvalue weighted by atomic mass is 32.1. The van der Waals surface area contributed by atoms with Crippen LogP contribution in [0.4, 0.5) is 0 Å². The average molecular weight is 774 g/mol. The second-order valence-corrected chi connectivity index (χ2v) is 15.6. The van der Waals surface area contributed by atoms with Gasteiger partial charge in [-0.2, -0.15) is 0 Å². The van der Waals surface area contributed by atoms with Crippen molar-refractivity contribution in [2.24, 2.45) is 0 Å². The minimum absolute atomic E-state index is 0.572. The van der Waals surface area contributed by atoms with Gasteiger partial charge in [0.05, 0.1) is 16.6 Å². The van der Waals surface area contributed by atoms with Crippen LogP contribution in [0.3, 0.4) is 0 Å². The predicted octanol–water partition coefficient (Wildman–Crippen LogP) is 13.8. The number of hydrogen-bond acceptors (Lipinski definition) is 6. The van der Waals surface area contributed by atoms with E-state index in [9.17, 15) is 0 Å². The summed E-state index contributed by atoms with van der Waals surface area (Å²) in [5.74, 6) is 2.59. The fourth-order valence-electron chi connectivity index (χ4n) is 8.37. The molecule has 59 heavy (non-hydrogen) atoms. The molecule has 12 rings (SSSR count). The van der Waals surface area contributed by atoms with Crippen molar-refractivity contribution in [3.8, 4) is 62.4 Å². The van der Waals surface area contributed by atoms with Gasteiger partial charge in [0.15, 0.2) is 17.5 Å². The molecule has 4 aromatic heterocycles. The van der Waals surface area contributed by atoms with Gasteiger partial charge in [-0.15, -0.1) is 11.3 Å². The summed E-state index contributed by atoms with van der Waals surface area (Å²) in [4.78, 5) is 20.6. The van der Waals surface area contributed by atoms with Gasteiger partial charge < -0.3 is 4.42 Å². The molecule has 276 valence electrons. The van der Waals surface area contributed by atoms with E-state index in [1.54, 1.807) is 0 Å². The first kappa shape index (κ1) is 33.4. The van der Waals surface area contributed by atoms with E-state index in [1.807, 2.05) is 65.9 Å². The Morgan fingerprint density at radius 1 is 0.424 bits per heavy atom. The van der Waals surface area contributed by atoms with Crippen LogP contribution >= 0.6 is 11.3 Å². The minimum Gasteiger partial charge on any atom is -0.455 e. The normalized spacial score (nSPS) is 11.7. The number of nitrogens with zero attached hydrogens (tertiary/aromatic N) is 5. The van der Waals surface area contributed by atoms with Crippen molar-refractivity contribution in [3.63, 3.8) is 0 Å². The second-order valence-electron chi connectivity index (χ2n) is 14.6. The Labute approximate surface area is 342 Å². The van der Waals surface area contributed by atoms with Gasteiger partial charge in [-0.05, 0) is 53.6 Å². The van der Waals surface area contributed by atoms with Gasteiger partial charge in [0.2, 0.25) is 0 Å². The minimum atomic E-state index is 0.572. The lowest BCUT2D eigenvalue weighted by Crippen LogP contribution is -2.00. The number of fused-ring (bicyclic) bond motifs is 7. The van der Waals surface area contributed by atoms with Crippen molar-refractivity contribution in [3.05, 3.63) is 188 Å². The van der Waals surface area contributed by atoms with Crippen LogP contribution in [0.5, 0.6) is 0 Å². The summed E-state index contributed by atoms with van der Waals surface area (Å²) in [6.45, 7) is 0. The molecule has 6 nitrogen and oxygen atoms in total. The van der Waals surface area contributed by atoms with Crippen LogP contribution in [0.1, 0.15) is 0 Å². The Morgan fingerprint density at radius 3 is 1.86 bits per heavy atom. The van der Waals surface area contributed by atoms with E-state index in [-0.39, 0.29) is 0 Å². The maximum absolute atomic E-state index is 6.80. The summed E-state index contributed by atoms with van der Waals surface area (Å²) >= 11 is 1.84. The Morgan fingerprint density at radius 2 is 1.03 bits per heavy atom. The summed E-state index contributed by atoms with van der Waals surface area (Å²) in [6, 6.07) is 64.8. The van der Waals surface area contributed by atoms with Crippen LogP contribution < -0.4 is 0 Å². The smallest absolute Gasteiger partial charge is 0.164 e. The average Bonchev–Trinajstić information content (AvgIpc) is 4.01. The fraction of sp³-hybridized carbons (Fsp3) is 0. The van der Waals surface area contributed by atoms with Crippen molar-refractivity contribution >= 4 is 64.5 Å². The monoisotopic (exact) mass is 773 g/mol. The summed E-state index contributed by atoms with van der Waals surface area (Å²) in [5.41, 5.74) is 10.4. The lowest BCUT2D eigenvalue weighted by atomic mass is 10.0. The van der Waals surface area contributed by atoms with Crippen LogP contribution in [0, 0.1) is 0 Å². The van der Waals surface area contributed by atoms with E-state index in [0.29, 0.717) is 17.5 Å². The lowest BCUT2D eigenvalue weighted by molar-refractivity contribution is 0.669. The van der Waals surface area contributed by atoms with E-state index in [4.69, 9.17) is 24.4 Å². The molecule has 0 N–H and O–H groups in total. The molecule has 8 aromatic carbocycles. The maximum atomic E-state index is 6.80.